The van der Waals surface area contributed by atoms with Crippen LogP contribution < -0.4 is 15.8 Å². The quantitative estimate of drug-likeness (QED) is 0.742. The first-order valence-electron chi connectivity index (χ1n) is 6.29. The summed E-state index contributed by atoms with van der Waals surface area (Å²) in [6, 6.07) is 6.70. The molecule has 0 spiro atoms. The Balaban J connectivity index is 2.02. The van der Waals surface area contributed by atoms with Gasteiger partial charge in [-0.25, -0.2) is 9.97 Å². The number of aromatic nitrogens is 2. The molecule has 4 N–H and O–H groups in total. The number of benzene rings is 1. The molecule has 21 heavy (non-hydrogen) atoms. The first-order valence-corrected chi connectivity index (χ1v) is 6.29. The highest BCUT2D eigenvalue weighted by Crippen LogP contribution is 2.18. The zero-order valence-electron chi connectivity index (χ0n) is 11.5. The summed E-state index contributed by atoms with van der Waals surface area (Å²) in [5.41, 5.74) is 7.13. The summed E-state index contributed by atoms with van der Waals surface area (Å²) in [5.74, 6) is 0.214. The number of rotatable bonds is 6. The van der Waals surface area contributed by atoms with Crippen LogP contribution in [0.1, 0.15) is 18.0 Å². The number of carboxylic acid groups (broad SMARTS) is 1. The normalized spacial score (nSPS) is 11.7. The molecule has 0 saturated heterocycles. The van der Waals surface area contributed by atoms with Crippen molar-refractivity contribution in [2.24, 2.45) is 5.73 Å². The number of nitrogens with one attached hydrogen (secondary N) is 1. The van der Waals surface area contributed by atoms with Gasteiger partial charge in [-0.1, -0.05) is 0 Å². The molecule has 0 bridgehead atoms. The first-order chi connectivity index (χ1) is 10.1. The van der Waals surface area contributed by atoms with E-state index in [0.29, 0.717) is 11.5 Å². The maximum absolute atomic E-state index is 10.6. The predicted molar refractivity (Wildman–Crippen MR) is 77.5 cm³/mol. The molecule has 0 aliphatic carbocycles. The Morgan fingerprint density at radius 1 is 1.33 bits per heavy atom. The summed E-state index contributed by atoms with van der Waals surface area (Å²) in [5, 5.41) is 11.7. The molecule has 7 nitrogen and oxygen atoms in total. The number of hydrogen-bond donors (Lipinski definition) is 3. The van der Waals surface area contributed by atoms with Crippen molar-refractivity contribution in [2.45, 2.75) is 12.5 Å². The summed E-state index contributed by atoms with van der Waals surface area (Å²) in [7, 11) is 1.60. The van der Waals surface area contributed by atoms with Crippen molar-refractivity contribution in [3.8, 4) is 5.75 Å². The lowest BCUT2D eigenvalue weighted by atomic mass is 10.1. The summed E-state index contributed by atoms with van der Waals surface area (Å²) in [6.07, 6.45) is 2.88. The van der Waals surface area contributed by atoms with Crippen molar-refractivity contribution < 1.29 is 14.6 Å². The molecular formula is C14H16N4O3. The number of carboxylic acids is 1. The number of hydrogen-bond acceptors (Lipinski definition) is 6. The number of methoxy groups -OCH3 is 1. The van der Waals surface area contributed by atoms with Gasteiger partial charge in [0.1, 0.15) is 5.75 Å². The van der Waals surface area contributed by atoms with Gasteiger partial charge < -0.3 is 20.9 Å². The lowest BCUT2D eigenvalue weighted by Gasteiger charge is -2.10. The van der Waals surface area contributed by atoms with Crippen LogP contribution in [-0.2, 0) is 4.79 Å². The standard InChI is InChI=1S/C14H16N4O3/c1-21-11-4-2-10(3-5-11)18-14-16-7-9(8-17-14)12(15)6-13(19)20/h2-5,7-8,12H,6,15H2,1H3,(H,19,20)(H,16,17,18)/t12-/m1/s1. The maximum Gasteiger partial charge on any atom is 0.305 e. The second-order valence-corrected chi connectivity index (χ2v) is 4.40. The number of nitrogens with zero attached hydrogens (tertiary/aromatic N) is 2. The fraction of sp³-hybridized carbons (Fsp3) is 0.214. The van der Waals surface area contributed by atoms with Crippen LogP contribution in [0.2, 0.25) is 0 Å². The molecule has 0 fully saturated rings. The minimum absolute atomic E-state index is 0.158. The zero-order chi connectivity index (χ0) is 15.2. The fourth-order valence-electron chi connectivity index (χ4n) is 1.70. The number of nitrogens with two attached hydrogens (primary N) is 1. The highest BCUT2D eigenvalue weighted by atomic mass is 16.5. The minimum atomic E-state index is -0.956. The molecule has 1 aromatic heterocycles. The van der Waals surface area contributed by atoms with E-state index in [1.165, 1.54) is 12.4 Å². The second-order valence-electron chi connectivity index (χ2n) is 4.40. The Kier molecular flexibility index (Phi) is 4.68. The Morgan fingerprint density at radius 2 is 1.95 bits per heavy atom. The van der Waals surface area contributed by atoms with E-state index >= 15 is 0 Å². The van der Waals surface area contributed by atoms with Gasteiger partial charge >= 0.3 is 5.97 Å². The Morgan fingerprint density at radius 3 is 2.48 bits per heavy atom. The SMILES string of the molecule is COc1ccc(Nc2ncc([C@H](N)CC(=O)O)cn2)cc1. The average Bonchev–Trinajstić information content (AvgIpc) is 2.48. The van der Waals surface area contributed by atoms with E-state index in [1.807, 2.05) is 24.3 Å². The average molecular weight is 288 g/mol. The molecule has 7 heteroatoms. The minimum Gasteiger partial charge on any atom is -0.497 e. The molecule has 2 rings (SSSR count). The molecular weight excluding hydrogens is 272 g/mol. The van der Waals surface area contributed by atoms with Crippen LogP contribution in [0.4, 0.5) is 11.6 Å². The van der Waals surface area contributed by atoms with E-state index < -0.39 is 12.0 Å². The van der Waals surface area contributed by atoms with Gasteiger partial charge in [0.15, 0.2) is 0 Å². The van der Waals surface area contributed by atoms with Crippen molar-refractivity contribution in [1.82, 2.24) is 9.97 Å². The van der Waals surface area contributed by atoms with Gasteiger partial charge in [-0.2, -0.15) is 0 Å². The molecule has 0 aliphatic heterocycles. The van der Waals surface area contributed by atoms with E-state index in [-0.39, 0.29) is 6.42 Å². The predicted octanol–water partition coefficient (Wildman–Crippen LogP) is 1.70. The second kappa shape index (κ2) is 6.67. The summed E-state index contributed by atoms with van der Waals surface area (Å²) < 4.78 is 5.07. The smallest absolute Gasteiger partial charge is 0.305 e. The molecule has 110 valence electrons. The molecule has 0 saturated carbocycles. The highest BCUT2D eigenvalue weighted by molar-refractivity contribution is 5.67. The molecule has 1 heterocycles. The van der Waals surface area contributed by atoms with Crippen LogP contribution in [0.15, 0.2) is 36.7 Å². The summed E-state index contributed by atoms with van der Waals surface area (Å²) in [4.78, 5) is 18.8. The highest BCUT2D eigenvalue weighted by Gasteiger charge is 2.11. The Hall–Kier alpha value is -2.67. The lowest BCUT2D eigenvalue weighted by Crippen LogP contribution is -2.15. The Bertz CT molecular complexity index is 599. The van der Waals surface area contributed by atoms with Crippen LogP contribution in [-0.4, -0.2) is 28.2 Å². The van der Waals surface area contributed by atoms with Crippen LogP contribution in [0.5, 0.6) is 5.75 Å². The molecule has 0 radical (unpaired) electrons. The number of anilines is 2. The van der Waals surface area contributed by atoms with E-state index in [9.17, 15) is 4.79 Å². The largest absolute Gasteiger partial charge is 0.497 e. The van der Waals surface area contributed by atoms with Crippen LogP contribution in [0.25, 0.3) is 0 Å². The molecule has 0 aliphatic rings. The Labute approximate surface area is 121 Å². The third-order valence-electron chi connectivity index (χ3n) is 2.84. The third kappa shape index (κ3) is 4.15. The summed E-state index contributed by atoms with van der Waals surface area (Å²) in [6.45, 7) is 0. The maximum atomic E-state index is 10.6. The molecule has 1 atom stereocenters. The van der Waals surface area contributed by atoms with Gasteiger partial charge in [0.05, 0.1) is 13.5 Å². The van der Waals surface area contributed by atoms with E-state index in [2.05, 4.69) is 15.3 Å². The summed E-state index contributed by atoms with van der Waals surface area (Å²) >= 11 is 0. The fourth-order valence-corrected chi connectivity index (χ4v) is 1.70. The van der Waals surface area contributed by atoms with E-state index in [4.69, 9.17) is 15.6 Å². The van der Waals surface area contributed by atoms with Gasteiger partial charge in [-0.05, 0) is 24.3 Å². The van der Waals surface area contributed by atoms with Crippen molar-refractivity contribution in [2.75, 3.05) is 12.4 Å². The van der Waals surface area contributed by atoms with Crippen molar-refractivity contribution >= 4 is 17.6 Å². The first kappa shape index (κ1) is 14.7. The van der Waals surface area contributed by atoms with Crippen LogP contribution in [0.3, 0.4) is 0 Å². The van der Waals surface area contributed by atoms with Gasteiger partial charge in [0.25, 0.3) is 0 Å². The monoisotopic (exact) mass is 288 g/mol. The van der Waals surface area contributed by atoms with Gasteiger partial charge in [0.2, 0.25) is 5.95 Å². The molecule has 1 aromatic carbocycles. The lowest BCUT2D eigenvalue weighted by molar-refractivity contribution is -0.137. The van der Waals surface area contributed by atoms with Crippen molar-refractivity contribution in [3.05, 3.63) is 42.2 Å². The molecule has 0 unspecified atom stereocenters. The molecule has 2 aromatic rings. The van der Waals surface area contributed by atoms with Crippen LogP contribution >= 0.6 is 0 Å². The van der Waals surface area contributed by atoms with Gasteiger partial charge in [0, 0.05) is 29.7 Å². The van der Waals surface area contributed by atoms with E-state index in [1.54, 1.807) is 7.11 Å². The van der Waals surface area contributed by atoms with Crippen molar-refractivity contribution in [1.29, 1.82) is 0 Å². The topological polar surface area (TPSA) is 110 Å². The number of carbonyl (C=O) groups is 1. The van der Waals surface area contributed by atoms with Crippen LogP contribution in [0, 0.1) is 0 Å². The third-order valence-corrected chi connectivity index (χ3v) is 2.84. The number of ether oxygens (including phenoxy) is 1. The zero-order valence-corrected chi connectivity index (χ0v) is 11.5. The van der Waals surface area contributed by atoms with Gasteiger partial charge in [-0.3, -0.25) is 4.79 Å². The van der Waals surface area contributed by atoms with E-state index in [0.717, 1.165) is 11.4 Å². The van der Waals surface area contributed by atoms with Gasteiger partial charge in [-0.15, -0.1) is 0 Å². The van der Waals surface area contributed by atoms with Crippen molar-refractivity contribution in [3.63, 3.8) is 0 Å². The number of aliphatic carboxylic acids is 1. The molecule has 0 amide bonds.